The summed E-state index contributed by atoms with van der Waals surface area (Å²) in [5, 5.41) is 3.68. The van der Waals surface area contributed by atoms with Gasteiger partial charge in [0.25, 0.3) is 0 Å². The Morgan fingerprint density at radius 1 is 1.08 bits per heavy atom. The van der Waals surface area contributed by atoms with E-state index in [0.29, 0.717) is 10.9 Å². The van der Waals surface area contributed by atoms with Crippen molar-refractivity contribution in [3.05, 3.63) is 92.9 Å². The van der Waals surface area contributed by atoms with Gasteiger partial charge in [0.1, 0.15) is 11.9 Å². The highest BCUT2D eigenvalue weighted by Crippen LogP contribution is 2.34. The van der Waals surface area contributed by atoms with Crippen LogP contribution in [0.5, 0.6) is 5.75 Å². The molecule has 0 aromatic heterocycles. The number of amides is 1. The Morgan fingerprint density at radius 3 is 2.49 bits per heavy atom. The zero-order valence-corrected chi connectivity index (χ0v) is 24.2. The normalized spacial score (nSPS) is 15.5. The Hall–Kier alpha value is -2.34. The minimum absolute atomic E-state index is 0.0286. The van der Waals surface area contributed by atoms with E-state index in [4.69, 9.17) is 16.3 Å². The van der Waals surface area contributed by atoms with Gasteiger partial charge < -0.3 is 15.0 Å². The predicted molar refractivity (Wildman–Crippen MR) is 157 cm³/mol. The molecule has 4 nitrogen and oxygen atoms in total. The molecule has 6 heteroatoms. The fourth-order valence-electron chi connectivity index (χ4n) is 4.77. The molecule has 1 unspecified atom stereocenters. The van der Waals surface area contributed by atoms with Crippen molar-refractivity contribution < 1.29 is 9.53 Å². The van der Waals surface area contributed by atoms with E-state index < -0.39 is 0 Å². The molecular formula is C31H36BrClN2O2. The van der Waals surface area contributed by atoms with Gasteiger partial charge in [0.05, 0.1) is 5.02 Å². The summed E-state index contributed by atoms with van der Waals surface area (Å²) in [6.45, 7) is 8.91. The number of benzene rings is 3. The smallest absolute Gasteiger partial charge is 0.226 e. The van der Waals surface area contributed by atoms with Crippen molar-refractivity contribution in [2.45, 2.75) is 52.1 Å². The van der Waals surface area contributed by atoms with Crippen molar-refractivity contribution in [1.29, 1.82) is 0 Å². The summed E-state index contributed by atoms with van der Waals surface area (Å²) in [6, 6.07) is 22.7. The summed E-state index contributed by atoms with van der Waals surface area (Å²) < 4.78 is 7.51. The Morgan fingerprint density at radius 2 is 1.81 bits per heavy atom. The summed E-state index contributed by atoms with van der Waals surface area (Å²) in [5.41, 5.74) is 4.47. The minimum Gasteiger partial charge on any atom is -0.484 e. The summed E-state index contributed by atoms with van der Waals surface area (Å²) in [5.74, 6) is 1.26. The summed E-state index contributed by atoms with van der Waals surface area (Å²) in [7, 11) is 0. The van der Waals surface area contributed by atoms with Gasteiger partial charge in [-0.05, 0) is 91.9 Å². The lowest BCUT2D eigenvalue weighted by Gasteiger charge is -2.33. The molecule has 0 spiro atoms. The van der Waals surface area contributed by atoms with Gasteiger partial charge in [0.2, 0.25) is 5.91 Å². The Labute approximate surface area is 234 Å². The lowest BCUT2D eigenvalue weighted by Crippen LogP contribution is -2.34. The van der Waals surface area contributed by atoms with Crippen LogP contribution in [0.15, 0.2) is 71.2 Å². The molecule has 1 saturated heterocycles. The largest absolute Gasteiger partial charge is 0.484 e. The number of anilines is 1. The molecule has 0 saturated carbocycles. The maximum absolute atomic E-state index is 12.1. The Kier molecular flexibility index (Phi) is 9.69. The summed E-state index contributed by atoms with van der Waals surface area (Å²) >= 11 is 10.0. The number of nitrogens with zero attached hydrogens (tertiary/aromatic N) is 1. The highest BCUT2D eigenvalue weighted by Gasteiger charge is 2.23. The first-order valence-corrected chi connectivity index (χ1v) is 14.3. The average molecular weight is 584 g/mol. The van der Waals surface area contributed by atoms with Crippen LogP contribution >= 0.6 is 27.5 Å². The predicted octanol–water partition coefficient (Wildman–Crippen LogP) is 8.40. The molecule has 1 aliphatic heterocycles. The number of hydrogen-bond acceptors (Lipinski definition) is 3. The van der Waals surface area contributed by atoms with E-state index in [0.717, 1.165) is 65.9 Å². The lowest BCUT2D eigenvalue weighted by atomic mass is 9.89. The second kappa shape index (κ2) is 12.9. The quantitative estimate of drug-likeness (QED) is 0.275. The third kappa shape index (κ3) is 7.83. The maximum atomic E-state index is 12.1. The fourth-order valence-corrected chi connectivity index (χ4v) is 5.32. The molecule has 196 valence electrons. The van der Waals surface area contributed by atoms with Crippen molar-refractivity contribution >= 4 is 39.1 Å². The molecule has 0 aliphatic carbocycles. The van der Waals surface area contributed by atoms with Gasteiger partial charge in [0, 0.05) is 29.0 Å². The van der Waals surface area contributed by atoms with Crippen LogP contribution < -0.4 is 10.1 Å². The van der Waals surface area contributed by atoms with E-state index in [1.54, 1.807) is 0 Å². The van der Waals surface area contributed by atoms with Crippen LogP contribution in [-0.4, -0.2) is 30.4 Å². The van der Waals surface area contributed by atoms with Gasteiger partial charge in [0.15, 0.2) is 0 Å². The Bertz CT molecular complexity index is 1190. The minimum atomic E-state index is -0.0766. The average Bonchev–Trinajstić information content (AvgIpc) is 2.89. The van der Waals surface area contributed by atoms with Crippen LogP contribution in [0.3, 0.4) is 0 Å². The number of carbonyl (C=O) groups excluding carboxylic acids is 1. The van der Waals surface area contributed by atoms with Crippen LogP contribution in [0.1, 0.15) is 61.8 Å². The number of ether oxygens (including phenoxy) is 1. The third-order valence-corrected chi connectivity index (χ3v) is 7.87. The SMILES string of the molecule is Cc1ccc(OC(CCN2CCC(c3cccc(NC(=O)C(C)C)c3)CC2)c2ccc(Br)cc2)c(Cl)c1. The number of piperidine rings is 1. The van der Waals surface area contributed by atoms with E-state index in [1.165, 1.54) is 5.56 Å². The number of carbonyl (C=O) groups is 1. The van der Waals surface area contributed by atoms with Gasteiger partial charge in [-0.25, -0.2) is 0 Å². The molecule has 1 fully saturated rings. The van der Waals surface area contributed by atoms with Crippen molar-refractivity contribution in [3.63, 3.8) is 0 Å². The van der Waals surface area contributed by atoms with Crippen molar-refractivity contribution in [3.8, 4) is 5.75 Å². The highest BCUT2D eigenvalue weighted by molar-refractivity contribution is 9.10. The topological polar surface area (TPSA) is 41.6 Å². The first-order valence-electron chi connectivity index (χ1n) is 13.1. The molecule has 3 aromatic rings. The Balaban J connectivity index is 1.36. The van der Waals surface area contributed by atoms with E-state index in [2.05, 4.69) is 62.5 Å². The highest BCUT2D eigenvalue weighted by atomic mass is 79.9. The van der Waals surface area contributed by atoms with Crippen LogP contribution in [0.4, 0.5) is 5.69 Å². The van der Waals surface area contributed by atoms with Gasteiger partial charge in [-0.15, -0.1) is 0 Å². The molecule has 1 aliphatic rings. The van der Waals surface area contributed by atoms with Gasteiger partial charge >= 0.3 is 0 Å². The van der Waals surface area contributed by atoms with Gasteiger partial charge in [-0.1, -0.05) is 71.7 Å². The first-order chi connectivity index (χ1) is 17.8. The zero-order valence-electron chi connectivity index (χ0n) is 21.8. The van der Waals surface area contributed by atoms with Crippen LogP contribution in [0.25, 0.3) is 0 Å². The number of nitrogens with one attached hydrogen (secondary N) is 1. The molecular weight excluding hydrogens is 548 g/mol. The molecule has 0 bridgehead atoms. The monoisotopic (exact) mass is 582 g/mol. The number of hydrogen-bond donors (Lipinski definition) is 1. The van der Waals surface area contributed by atoms with Crippen LogP contribution in [0.2, 0.25) is 5.02 Å². The standard InChI is InChI=1S/C31H36BrClN2O2/c1-21(2)31(36)34-27-6-4-5-25(20-27)23-13-16-35(17-14-23)18-15-29(24-8-10-26(32)11-9-24)37-30-12-7-22(3)19-28(30)33/h4-12,19-21,23,29H,13-18H2,1-3H3,(H,34,36). The van der Waals surface area contributed by atoms with Gasteiger partial charge in [-0.2, -0.15) is 0 Å². The molecule has 1 amide bonds. The number of halogens is 2. The van der Waals surface area contributed by atoms with Crippen LogP contribution in [-0.2, 0) is 4.79 Å². The van der Waals surface area contributed by atoms with Gasteiger partial charge in [-0.3, -0.25) is 4.79 Å². The van der Waals surface area contributed by atoms with E-state index in [-0.39, 0.29) is 17.9 Å². The molecule has 1 atom stereocenters. The first kappa shape index (κ1) is 27.7. The molecule has 1 N–H and O–H groups in total. The molecule has 0 radical (unpaired) electrons. The second-order valence-electron chi connectivity index (χ2n) is 10.3. The molecule has 3 aromatic carbocycles. The molecule has 1 heterocycles. The van der Waals surface area contributed by atoms with E-state index in [9.17, 15) is 4.79 Å². The number of likely N-dealkylation sites (tertiary alicyclic amines) is 1. The maximum Gasteiger partial charge on any atom is 0.226 e. The lowest BCUT2D eigenvalue weighted by molar-refractivity contribution is -0.118. The summed E-state index contributed by atoms with van der Waals surface area (Å²) in [6.07, 6.45) is 3.02. The number of rotatable bonds is 9. The van der Waals surface area contributed by atoms with E-state index >= 15 is 0 Å². The molecule has 4 rings (SSSR count). The fraction of sp³-hybridized carbons (Fsp3) is 0.387. The zero-order chi connectivity index (χ0) is 26.4. The van der Waals surface area contributed by atoms with E-state index in [1.807, 2.05) is 51.1 Å². The van der Waals surface area contributed by atoms with Crippen molar-refractivity contribution in [2.75, 3.05) is 25.0 Å². The third-order valence-electron chi connectivity index (χ3n) is 7.04. The molecule has 37 heavy (non-hydrogen) atoms. The van der Waals surface area contributed by atoms with Crippen molar-refractivity contribution in [1.82, 2.24) is 4.90 Å². The number of aryl methyl sites for hydroxylation is 1. The summed E-state index contributed by atoms with van der Waals surface area (Å²) in [4.78, 5) is 14.6. The second-order valence-corrected chi connectivity index (χ2v) is 11.6. The van der Waals surface area contributed by atoms with Crippen LogP contribution in [0, 0.1) is 12.8 Å². The van der Waals surface area contributed by atoms with Crippen molar-refractivity contribution in [2.24, 2.45) is 5.92 Å².